The first kappa shape index (κ1) is 23.3. The standard InChI is InChI=1S/C23H24F2N2O5/c1-14(28)3-4-15-5-8-18(9-6-15)32-13-17(29)12-27-21(30)23(2,26-22(27)31)16-7-10-19(24)20(25)11-16/h5-11,17,29H,3-4,12-13H2,1-2H3,(H,26,31). The Bertz CT molecular complexity index is 1030. The first-order valence-corrected chi connectivity index (χ1v) is 10.1. The number of carbonyl (C=O) groups excluding carboxylic acids is 3. The number of amides is 3. The highest BCUT2D eigenvalue weighted by Crippen LogP contribution is 2.30. The second-order valence-corrected chi connectivity index (χ2v) is 7.91. The lowest BCUT2D eigenvalue weighted by Crippen LogP contribution is -2.42. The summed E-state index contributed by atoms with van der Waals surface area (Å²) in [7, 11) is 0. The number of ether oxygens (including phenoxy) is 1. The average molecular weight is 446 g/mol. The third kappa shape index (κ3) is 5.11. The molecule has 1 saturated heterocycles. The van der Waals surface area contributed by atoms with Crippen molar-refractivity contribution in [3.8, 4) is 5.75 Å². The van der Waals surface area contributed by atoms with Gasteiger partial charge >= 0.3 is 6.03 Å². The van der Waals surface area contributed by atoms with Crippen molar-refractivity contribution in [3.63, 3.8) is 0 Å². The van der Waals surface area contributed by atoms with E-state index in [1.807, 2.05) is 12.1 Å². The van der Waals surface area contributed by atoms with Crippen LogP contribution in [0.2, 0.25) is 0 Å². The van der Waals surface area contributed by atoms with Gasteiger partial charge in [-0.3, -0.25) is 9.69 Å². The minimum Gasteiger partial charge on any atom is -0.491 e. The molecule has 3 amide bonds. The van der Waals surface area contributed by atoms with E-state index in [9.17, 15) is 28.3 Å². The molecule has 3 rings (SSSR count). The Morgan fingerprint density at radius 2 is 1.84 bits per heavy atom. The minimum absolute atomic E-state index is 0.0906. The first-order valence-electron chi connectivity index (χ1n) is 10.1. The molecule has 2 unspecified atom stereocenters. The fourth-order valence-electron chi connectivity index (χ4n) is 3.39. The molecule has 0 bridgehead atoms. The van der Waals surface area contributed by atoms with Crippen LogP contribution in [0.15, 0.2) is 42.5 Å². The van der Waals surface area contributed by atoms with E-state index in [0.717, 1.165) is 22.6 Å². The van der Waals surface area contributed by atoms with Crippen molar-refractivity contribution < 1.29 is 33.0 Å². The fourth-order valence-corrected chi connectivity index (χ4v) is 3.39. The van der Waals surface area contributed by atoms with Gasteiger partial charge in [-0.1, -0.05) is 18.2 Å². The van der Waals surface area contributed by atoms with Crippen molar-refractivity contribution in [3.05, 3.63) is 65.2 Å². The summed E-state index contributed by atoms with van der Waals surface area (Å²) in [5.74, 6) is -2.30. The van der Waals surface area contributed by atoms with E-state index in [0.29, 0.717) is 18.6 Å². The van der Waals surface area contributed by atoms with E-state index < -0.39 is 35.2 Å². The monoisotopic (exact) mass is 446 g/mol. The van der Waals surface area contributed by atoms with E-state index in [4.69, 9.17) is 4.74 Å². The zero-order valence-electron chi connectivity index (χ0n) is 17.7. The number of nitrogens with zero attached hydrogens (tertiary/aromatic N) is 1. The Morgan fingerprint density at radius 1 is 1.16 bits per heavy atom. The third-order valence-corrected chi connectivity index (χ3v) is 5.30. The van der Waals surface area contributed by atoms with Gasteiger partial charge in [0.25, 0.3) is 5.91 Å². The Kier molecular flexibility index (Phi) is 6.88. The molecule has 2 aromatic rings. The van der Waals surface area contributed by atoms with Crippen LogP contribution in [0.1, 0.15) is 31.4 Å². The summed E-state index contributed by atoms with van der Waals surface area (Å²) in [5.41, 5.74) is -0.515. The number of carbonyl (C=O) groups is 3. The van der Waals surface area contributed by atoms with Gasteiger partial charge in [-0.05, 0) is 55.7 Å². The number of ketones is 1. The maximum Gasteiger partial charge on any atom is 0.325 e. The molecule has 1 aliphatic rings. The number of hydrogen-bond donors (Lipinski definition) is 2. The molecule has 0 aliphatic carbocycles. The smallest absolute Gasteiger partial charge is 0.325 e. The molecule has 2 atom stereocenters. The minimum atomic E-state index is -1.58. The van der Waals surface area contributed by atoms with Crippen LogP contribution in [0.4, 0.5) is 13.6 Å². The fraction of sp³-hybridized carbons (Fsp3) is 0.348. The van der Waals surface area contributed by atoms with Crippen molar-refractivity contribution in [2.24, 2.45) is 0 Å². The maximum absolute atomic E-state index is 13.6. The molecule has 2 N–H and O–H groups in total. The number of halogens is 2. The zero-order chi connectivity index (χ0) is 23.5. The van der Waals surface area contributed by atoms with Gasteiger partial charge in [0, 0.05) is 6.42 Å². The predicted molar refractivity (Wildman–Crippen MR) is 111 cm³/mol. The van der Waals surface area contributed by atoms with E-state index in [1.165, 1.54) is 19.9 Å². The number of urea groups is 1. The van der Waals surface area contributed by atoms with Gasteiger partial charge in [-0.2, -0.15) is 0 Å². The maximum atomic E-state index is 13.6. The summed E-state index contributed by atoms with van der Waals surface area (Å²) in [4.78, 5) is 37.1. The van der Waals surface area contributed by atoms with Gasteiger partial charge in [0.1, 0.15) is 29.8 Å². The van der Waals surface area contributed by atoms with Crippen LogP contribution in [-0.2, 0) is 21.5 Å². The number of Topliss-reactive ketones (excluding diaryl/α,β-unsaturated/α-hetero) is 1. The van der Waals surface area contributed by atoms with Gasteiger partial charge in [-0.15, -0.1) is 0 Å². The summed E-state index contributed by atoms with van der Waals surface area (Å²) < 4.78 is 32.4. The normalized spacial score (nSPS) is 19.1. The number of rotatable bonds is 9. The SMILES string of the molecule is CC(=O)CCc1ccc(OCC(O)CN2C(=O)NC(C)(c3ccc(F)c(F)c3)C2=O)cc1. The van der Waals surface area contributed by atoms with E-state index in [1.54, 1.807) is 12.1 Å². The number of aliphatic hydroxyl groups excluding tert-OH is 1. The van der Waals surface area contributed by atoms with Gasteiger partial charge in [0.2, 0.25) is 0 Å². The number of aliphatic hydroxyl groups is 1. The van der Waals surface area contributed by atoms with E-state index in [2.05, 4.69) is 5.32 Å². The van der Waals surface area contributed by atoms with Crippen LogP contribution in [0.25, 0.3) is 0 Å². The van der Waals surface area contributed by atoms with Gasteiger partial charge in [0.05, 0.1) is 6.54 Å². The molecular formula is C23H24F2N2O5. The van der Waals surface area contributed by atoms with Gasteiger partial charge in [-0.25, -0.2) is 13.6 Å². The number of β-amino-alcohol motifs (C(OH)–C–C–N with tert-alkyl or cyclic N) is 1. The Labute approximate surface area is 184 Å². The Balaban J connectivity index is 1.58. The van der Waals surface area contributed by atoms with Crippen molar-refractivity contribution in [2.75, 3.05) is 13.2 Å². The molecule has 1 heterocycles. The van der Waals surface area contributed by atoms with Crippen LogP contribution in [0, 0.1) is 11.6 Å². The van der Waals surface area contributed by atoms with Crippen LogP contribution < -0.4 is 10.1 Å². The van der Waals surface area contributed by atoms with Crippen molar-refractivity contribution >= 4 is 17.7 Å². The highest BCUT2D eigenvalue weighted by atomic mass is 19.2. The lowest BCUT2D eigenvalue weighted by atomic mass is 9.92. The quantitative estimate of drug-likeness (QED) is 0.578. The zero-order valence-corrected chi connectivity index (χ0v) is 17.7. The lowest BCUT2D eigenvalue weighted by molar-refractivity contribution is -0.132. The highest BCUT2D eigenvalue weighted by molar-refractivity contribution is 6.07. The molecule has 32 heavy (non-hydrogen) atoms. The van der Waals surface area contributed by atoms with Crippen LogP contribution in [0.5, 0.6) is 5.75 Å². The number of benzene rings is 2. The van der Waals surface area contributed by atoms with Crippen molar-refractivity contribution in [1.29, 1.82) is 0 Å². The molecule has 7 nitrogen and oxygen atoms in total. The topological polar surface area (TPSA) is 95.9 Å². The number of aryl methyl sites for hydroxylation is 1. The van der Waals surface area contributed by atoms with Crippen LogP contribution in [0.3, 0.4) is 0 Å². The molecule has 0 saturated carbocycles. The summed E-state index contributed by atoms with van der Waals surface area (Å²) >= 11 is 0. The Morgan fingerprint density at radius 3 is 2.47 bits per heavy atom. The summed E-state index contributed by atoms with van der Waals surface area (Å²) in [6.45, 7) is 2.41. The van der Waals surface area contributed by atoms with E-state index >= 15 is 0 Å². The number of nitrogens with one attached hydrogen (secondary N) is 1. The number of hydrogen-bond acceptors (Lipinski definition) is 5. The van der Waals surface area contributed by atoms with Gasteiger partial charge in [0.15, 0.2) is 11.6 Å². The van der Waals surface area contributed by atoms with Gasteiger partial charge < -0.3 is 20.0 Å². The molecule has 0 aromatic heterocycles. The van der Waals surface area contributed by atoms with Crippen molar-refractivity contribution in [1.82, 2.24) is 10.2 Å². The average Bonchev–Trinajstić information content (AvgIpc) is 2.97. The predicted octanol–water partition coefficient (Wildman–Crippen LogP) is 2.69. The molecule has 2 aromatic carbocycles. The molecule has 1 fully saturated rings. The van der Waals surface area contributed by atoms with E-state index in [-0.39, 0.29) is 24.5 Å². The summed E-state index contributed by atoms with van der Waals surface area (Å²) in [6, 6.07) is 9.25. The molecule has 9 heteroatoms. The molecular weight excluding hydrogens is 422 g/mol. The molecule has 0 spiro atoms. The number of imide groups is 1. The van der Waals surface area contributed by atoms with Crippen LogP contribution in [-0.4, -0.2) is 47.0 Å². The highest BCUT2D eigenvalue weighted by Gasteiger charge is 2.49. The molecule has 170 valence electrons. The lowest BCUT2D eigenvalue weighted by Gasteiger charge is -2.23. The largest absolute Gasteiger partial charge is 0.491 e. The Hall–Kier alpha value is -3.33. The second kappa shape index (κ2) is 9.44. The summed E-state index contributed by atoms with van der Waals surface area (Å²) in [5, 5.41) is 12.8. The first-order chi connectivity index (χ1) is 15.1. The van der Waals surface area contributed by atoms with Crippen molar-refractivity contribution in [2.45, 2.75) is 38.3 Å². The molecule has 1 aliphatic heterocycles. The van der Waals surface area contributed by atoms with Crippen LogP contribution >= 0.6 is 0 Å². The summed E-state index contributed by atoms with van der Waals surface area (Å²) in [6.07, 6.45) is -0.0930. The third-order valence-electron chi connectivity index (χ3n) is 5.30. The molecule has 0 radical (unpaired) electrons. The second-order valence-electron chi connectivity index (χ2n) is 7.91.